The fourth-order valence-electron chi connectivity index (χ4n) is 3.35. The predicted molar refractivity (Wildman–Crippen MR) is 118 cm³/mol. The van der Waals surface area contributed by atoms with Crippen molar-refractivity contribution in [2.45, 2.75) is 31.3 Å². The molecule has 6 nitrogen and oxygen atoms in total. The van der Waals surface area contributed by atoms with Crippen molar-refractivity contribution < 1.29 is 17.9 Å². The lowest BCUT2D eigenvalue weighted by Gasteiger charge is -2.33. The Morgan fingerprint density at radius 2 is 1.87 bits per heavy atom. The lowest BCUT2D eigenvalue weighted by atomic mass is 10.1. The maximum Gasteiger partial charge on any atom is 0.240 e. The van der Waals surface area contributed by atoms with E-state index in [1.807, 2.05) is 18.2 Å². The third kappa shape index (κ3) is 6.80. The standard InChI is InChI=1S/C23H32N2O4S/c1-19(2)18-29-21-9-11-22(12-10-21)30(26,27)24-13-6-14-25-15-16-28-23(17-25)20-7-4-3-5-8-20/h3-5,7-12,19,23-24H,6,13-18H2,1-2H3/t23-/m0/s1. The van der Waals surface area contributed by atoms with Crippen molar-refractivity contribution in [1.29, 1.82) is 0 Å². The van der Waals surface area contributed by atoms with Gasteiger partial charge in [0.05, 0.1) is 24.2 Å². The van der Waals surface area contributed by atoms with Gasteiger partial charge in [-0.25, -0.2) is 13.1 Å². The van der Waals surface area contributed by atoms with Crippen LogP contribution in [0.15, 0.2) is 59.5 Å². The van der Waals surface area contributed by atoms with Crippen molar-refractivity contribution in [2.75, 3.05) is 39.4 Å². The van der Waals surface area contributed by atoms with E-state index >= 15 is 0 Å². The molecule has 0 radical (unpaired) electrons. The smallest absolute Gasteiger partial charge is 0.240 e. The normalized spacial score (nSPS) is 17.9. The summed E-state index contributed by atoms with van der Waals surface area (Å²) in [6.07, 6.45) is 0.823. The van der Waals surface area contributed by atoms with E-state index in [0.717, 1.165) is 26.1 Å². The third-order valence-electron chi connectivity index (χ3n) is 4.98. The van der Waals surface area contributed by atoms with Crippen LogP contribution in [0.5, 0.6) is 5.75 Å². The summed E-state index contributed by atoms with van der Waals surface area (Å²) in [6, 6.07) is 16.8. The van der Waals surface area contributed by atoms with Crippen LogP contribution in [0.1, 0.15) is 31.9 Å². The molecule has 1 atom stereocenters. The highest BCUT2D eigenvalue weighted by Gasteiger charge is 2.21. The van der Waals surface area contributed by atoms with Gasteiger partial charge in [0.25, 0.3) is 0 Å². The zero-order valence-corrected chi connectivity index (χ0v) is 18.6. The number of nitrogens with one attached hydrogen (secondary N) is 1. The molecule has 1 aliphatic rings. The summed E-state index contributed by atoms with van der Waals surface area (Å²) < 4.78 is 39.2. The van der Waals surface area contributed by atoms with Crippen molar-refractivity contribution in [3.63, 3.8) is 0 Å². The summed E-state index contributed by atoms with van der Waals surface area (Å²) in [6.45, 7) is 8.37. The average molecular weight is 433 g/mol. The molecule has 7 heteroatoms. The first-order valence-electron chi connectivity index (χ1n) is 10.6. The monoisotopic (exact) mass is 432 g/mol. The van der Waals surface area contributed by atoms with E-state index in [-0.39, 0.29) is 11.0 Å². The lowest BCUT2D eigenvalue weighted by Crippen LogP contribution is -2.39. The second-order valence-corrected chi connectivity index (χ2v) is 9.77. The summed E-state index contributed by atoms with van der Waals surface area (Å²) >= 11 is 0. The highest BCUT2D eigenvalue weighted by molar-refractivity contribution is 7.89. The van der Waals surface area contributed by atoms with Crippen molar-refractivity contribution in [1.82, 2.24) is 9.62 Å². The van der Waals surface area contributed by atoms with Crippen molar-refractivity contribution in [2.24, 2.45) is 5.92 Å². The number of benzene rings is 2. The minimum atomic E-state index is -3.51. The zero-order valence-electron chi connectivity index (χ0n) is 17.8. The highest BCUT2D eigenvalue weighted by Crippen LogP contribution is 2.22. The molecule has 2 aromatic rings. The maximum absolute atomic E-state index is 12.5. The van der Waals surface area contributed by atoms with E-state index in [1.54, 1.807) is 24.3 Å². The number of hydrogen-bond donors (Lipinski definition) is 1. The van der Waals surface area contributed by atoms with Gasteiger partial charge < -0.3 is 9.47 Å². The second kappa shape index (κ2) is 10.9. The molecule has 1 fully saturated rings. The number of nitrogens with zero attached hydrogens (tertiary/aromatic N) is 1. The Hall–Kier alpha value is -1.93. The van der Waals surface area contributed by atoms with Crippen molar-refractivity contribution >= 4 is 10.0 Å². The Bertz CT molecular complexity index is 870. The van der Waals surface area contributed by atoms with Gasteiger partial charge in [0.1, 0.15) is 5.75 Å². The fourth-order valence-corrected chi connectivity index (χ4v) is 4.42. The van der Waals surface area contributed by atoms with Crippen LogP contribution in [0.2, 0.25) is 0 Å². The van der Waals surface area contributed by atoms with Gasteiger partial charge in [0.15, 0.2) is 0 Å². The molecule has 164 valence electrons. The summed E-state index contributed by atoms with van der Waals surface area (Å²) in [5, 5.41) is 0. The molecule has 1 aliphatic heterocycles. The molecule has 30 heavy (non-hydrogen) atoms. The molecule has 0 amide bonds. The van der Waals surface area contributed by atoms with Crippen LogP contribution in [0.25, 0.3) is 0 Å². The number of sulfonamides is 1. The Morgan fingerprint density at radius 3 is 2.57 bits per heavy atom. The van der Waals surface area contributed by atoms with Gasteiger partial charge >= 0.3 is 0 Å². The summed E-state index contributed by atoms with van der Waals surface area (Å²) in [5.41, 5.74) is 1.18. The minimum absolute atomic E-state index is 0.0769. The van der Waals surface area contributed by atoms with Crippen LogP contribution >= 0.6 is 0 Å². The highest BCUT2D eigenvalue weighted by atomic mass is 32.2. The molecule has 0 aromatic heterocycles. The van der Waals surface area contributed by atoms with E-state index in [2.05, 4.69) is 35.6 Å². The van der Waals surface area contributed by atoms with Crippen LogP contribution in [0, 0.1) is 5.92 Å². The Balaban J connectivity index is 1.43. The van der Waals surface area contributed by atoms with Crippen LogP contribution in [0.3, 0.4) is 0 Å². The van der Waals surface area contributed by atoms with Gasteiger partial charge in [-0.15, -0.1) is 0 Å². The largest absolute Gasteiger partial charge is 0.493 e. The van der Waals surface area contributed by atoms with E-state index in [0.29, 0.717) is 31.4 Å². The molecule has 3 rings (SSSR count). The van der Waals surface area contributed by atoms with Crippen LogP contribution < -0.4 is 9.46 Å². The summed E-state index contributed by atoms with van der Waals surface area (Å²) in [4.78, 5) is 2.59. The summed E-state index contributed by atoms with van der Waals surface area (Å²) in [7, 11) is -3.51. The molecule has 1 heterocycles. The predicted octanol–water partition coefficient (Wildman–Crippen LogP) is 3.46. The van der Waals surface area contributed by atoms with Gasteiger partial charge in [-0.3, -0.25) is 4.90 Å². The van der Waals surface area contributed by atoms with Crippen LogP contribution in [-0.4, -0.2) is 52.7 Å². The van der Waals surface area contributed by atoms with Gasteiger partial charge in [-0.05, 0) is 48.7 Å². The third-order valence-corrected chi connectivity index (χ3v) is 6.46. The number of morpholine rings is 1. The van der Waals surface area contributed by atoms with Crippen LogP contribution in [-0.2, 0) is 14.8 Å². The Labute approximate surface area is 180 Å². The van der Waals surface area contributed by atoms with Gasteiger partial charge in [0.2, 0.25) is 10.0 Å². The number of hydrogen-bond acceptors (Lipinski definition) is 5. The molecule has 0 saturated carbocycles. The first-order chi connectivity index (χ1) is 14.4. The quantitative estimate of drug-likeness (QED) is 0.583. The fraction of sp³-hybridized carbons (Fsp3) is 0.478. The topological polar surface area (TPSA) is 67.9 Å². The van der Waals surface area contributed by atoms with E-state index < -0.39 is 10.0 Å². The molecule has 0 bridgehead atoms. The molecular formula is C23H32N2O4S. The minimum Gasteiger partial charge on any atom is -0.493 e. The van der Waals surface area contributed by atoms with Gasteiger partial charge in [-0.2, -0.15) is 0 Å². The Morgan fingerprint density at radius 1 is 1.13 bits per heavy atom. The first kappa shape index (κ1) is 22.7. The molecular weight excluding hydrogens is 400 g/mol. The molecule has 0 unspecified atom stereocenters. The molecule has 2 aromatic carbocycles. The lowest BCUT2D eigenvalue weighted by molar-refractivity contribution is -0.0300. The van der Waals surface area contributed by atoms with E-state index in [1.165, 1.54) is 5.56 Å². The maximum atomic E-state index is 12.5. The van der Waals surface area contributed by atoms with E-state index in [4.69, 9.17) is 9.47 Å². The second-order valence-electron chi connectivity index (χ2n) is 8.00. The SMILES string of the molecule is CC(C)COc1ccc(S(=O)(=O)NCCCN2CCO[C@H](c3ccccc3)C2)cc1. The first-order valence-corrected chi connectivity index (χ1v) is 12.0. The Kier molecular flexibility index (Phi) is 8.27. The molecule has 0 aliphatic carbocycles. The van der Waals surface area contributed by atoms with Crippen LogP contribution in [0.4, 0.5) is 0 Å². The van der Waals surface area contributed by atoms with Gasteiger partial charge in [0, 0.05) is 19.6 Å². The number of ether oxygens (including phenoxy) is 2. The molecule has 1 saturated heterocycles. The molecule has 1 N–H and O–H groups in total. The zero-order chi connectivity index (χ0) is 21.4. The number of rotatable bonds is 10. The van der Waals surface area contributed by atoms with Gasteiger partial charge in [-0.1, -0.05) is 44.2 Å². The van der Waals surface area contributed by atoms with Crippen molar-refractivity contribution in [3.8, 4) is 5.75 Å². The summed E-state index contributed by atoms with van der Waals surface area (Å²) in [5.74, 6) is 1.10. The van der Waals surface area contributed by atoms with Crippen molar-refractivity contribution in [3.05, 3.63) is 60.2 Å². The van der Waals surface area contributed by atoms with E-state index in [9.17, 15) is 8.42 Å². The molecule has 0 spiro atoms. The average Bonchev–Trinajstić information content (AvgIpc) is 2.76.